The van der Waals surface area contributed by atoms with Crippen molar-refractivity contribution >= 4 is 87.7 Å². The largest absolute Gasteiger partial charge is 0.869 e. The third-order valence-electron chi connectivity index (χ3n) is 27.0. The van der Waals surface area contributed by atoms with E-state index in [1.165, 1.54) is 85.2 Å². The molecule has 22 rings (SSSR count). The van der Waals surface area contributed by atoms with Crippen molar-refractivity contribution in [2.75, 3.05) is 0 Å². The van der Waals surface area contributed by atoms with Gasteiger partial charge in [0, 0.05) is 11.8 Å². The quantitative estimate of drug-likeness (QED) is 0.0264. The Morgan fingerprint density at radius 2 is 0.697 bits per heavy atom. The molecular weight excluding hydrogens is 1920 g/mol. The zero-order chi connectivity index (χ0) is 103. The number of carboxylic acids is 1. The molecule has 145 heavy (non-hydrogen) atoms. The number of para-hydroxylation sites is 1. The summed E-state index contributed by atoms with van der Waals surface area (Å²) >= 11 is 0. The van der Waals surface area contributed by atoms with E-state index in [4.69, 9.17) is 14.2 Å². The number of hydrogen-bond acceptors (Lipinski definition) is 15. The fraction of sp³-hybridized carbons (Fsp3) is 0.242. The van der Waals surface area contributed by atoms with Gasteiger partial charge in [0.1, 0.15) is 38.2 Å². The summed E-state index contributed by atoms with van der Waals surface area (Å²) in [5.41, 5.74) is 3.34. The Balaban J connectivity index is 0.000000130. The lowest BCUT2D eigenvalue weighted by molar-refractivity contribution is -0.272. The van der Waals surface area contributed by atoms with Crippen molar-refractivity contribution in [3.05, 3.63) is 446 Å². The SMILES string of the molecule is CC(C)(C)c1ccc(C(=O)[O-])cc1.CC(C)c1cc(C(C)C)c(S(=O)(=O)[O-])c(C(C)C)c1.O=C1OC2C3CC(C2OC(=O)C24CC5CC(CC(C5)C2)C4)C(C(=O)Oc2ccc(S(=O)(=O)[O-])cc2)C13.[O-]c1ccccc1[S+](c1ccccc1)c1ccccc1.c1ccc([S+](c2ccccc2)c2ccccc2)cc1.c1ccc([S+](c2ccccc2)c2ccccc2)cc1.c1ccc([S+](c2ccccc2)c2ccccc2)cc1. The lowest BCUT2D eigenvalue weighted by Crippen LogP contribution is -2.53. The molecule has 7 fully saturated rings. The van der Waals surface area contributed by atoms with Gasteiger partial charge < -0.3 is 38.3 Å². The Morgan fingerprint density at radius 1 is 0.386 bits per heavy atom. The average Bonchev–Trinajstić information content (AvgIpc) is 1.54. The smallest absolute Gasteiger partial charge is 0.315 e. The molecule has 6 unspecified atom stereocenters. The number of benzene rings is 15. The first-order chi connectivity index (χ1) is 69.8. The topological polar surface area (TPSA) is 256 Å². The summed E-state index contributed by atoms with van der Waals surface area (Å²) in [4.78, 5) is 65.0. The summed E-state index contributed by atoms with van der Waals surface area (Å²) < 4.78 is 85.6. The lowest BCUT2D eigenvalue weighted by atomic mass is 9.49. The molecule has 6 bridgehead atoms. The molecule has 744 valence electrons. The van der Waals surface area contributed by atoms with Crippen LogP contribution in [-0.2, 0) is 93.1 Å². The summed E-state index contributed by atoms with van der Waals surface area (Å²) in [5.74, 6) is -2.18. The third kappa shape index (κ3) is 26.9. The molecule has 0 spiro atoms. The molecule has 15 nitrogen and oxygen atoms in total. The number of hydrogen-bond donors (Lipinski definition) is 0. The summed E-state index contributed by atoms with van der Waals surface area (Å²) in [6.07, 6.45) is 5.59. The number of ether oxygens (including phenoxy) is 3. The number of carbonyl (C=O) groups is 4. The van der Waals surface area contributed by atoms with Crippen LogP contribution in [0.25, 0.3) is 0 Å². The molecule has 6 atom stereocenters. The number of rotatable bonds is 22. The van der Waals surface area contributed by atoms with E-state index in [2.05, 4.69) is 332 Å². The first-order valence-corrected chi connectivity index (χ1v) is 56.9. The summed E-state index contributed by atoms with van der Waals surface area (Å²) in [6.45, 7) is 18.0. The van der Waals surface area contributed by atoms with Gasteiger partial charge in [-0.3, -0.25) is 14.4 Å². The van der Waals surface area contributed by atoms with Crippen LogP contribution in [0.5, 0.6) is 11.5 Å². The van der Waals surface area contributed by atoms with Crippen LogP contribution in [0.2, 0.25) is 0 Å². The first-order valence-electron chi connectivity index (χ1n) is 49.2. The molecule has 15 aromatic carbocycles. The predicted octanol–water partition coefficient (Wildman–Crippen LogP) is 25.9. The van der Waals surface area contributed by atoms with E-state index in [0.717, 1.165) is 47.4 Å². The Bertz CT molecular complexity index is 6320. The molecule has 0 radical (unpaired) electrons. The van der Waals surface area contributed by atoms with Crippen molar-refractivity contribution in [3.63, 3.8) is 0 Å². The molecule has 0 amide bonds. The van der Waals surface area contributed by atoms with Crippen molar-refractivity contribution < 1.29 is 69.5 Å². The predicted molar refractivity (Wildman–Crippen MR) is 571 cm³/mol. The molecule has 1 aliphatic heterocycles. The molecule has 0 aromatic heterocycles. The van der Waals surface area contributed by atoms with Gasteiger partial charge in [0.2, 0.25) is 0 Å². The zero-order valence-corrected chi connectivity index (χ0v) is 87.7. The minimum Gasteiger partial charge on any atom is -0.869 e. The number of fused-ring (bicyclic) bond motifs is 1. The zero-order valence-electron chi connectivity index (χ0n) is 82.8. The van der Waals surface area contributed by atoms with Crippen LogP contribution >= 0.6 is 0 Å². The van der Waals surface area contributed by atoms with E-state index in [9.17, 15) is 55.3 Å². The highest BCUT2D eigenvalue weighted by atomic mass is 32.2. The number of esters is 3. The highest BCUT2D eigenvalue weighted by molar-refractivity contribution is 7.98. The summed E-state index contributed by atoms with van der Waals surface area (Å²) in [5, 5.41) is 22.7. The van der Waals surface area contributed by atoms with E-state index < -0.39 is 72.5 Å². The maximum Gasteiger partial charge on any atom is 0.315 e. The number of aromatic carboxylic acids is 1. The van der Waals surface area contributed by atoms with Crippen LogP contribution in [-0.4, -0.2) is 62.0 Å². The minimum absolute atomic E-state index is 0.00919. The molecule has 1 heterocycles. The van der Waals surface area contributed by atoms with Gasteiger partial charge >= 0.3 is 17.9 Å². The first kappa shape index (κ1) is 106. The molecule has 7 aliphatic rings. The van der Waals surface area contributed by atoms with Crippen LogP contribution in [0, 0.1) is 46.8 Å². The van der Waals surface area contributed by atoms with Crippen LogP contribution in [0.15, 0.2) is 487 Å². The van der Waals surface area contributed by atoms with Gasteiger partial charge in [-0.05, 0) is 277 Å². The minimum atomic E-state index is -4.62. The van der Waals surface area contributed by atoms with Crippen molar-refractivity contribution in [1.82, 2.24) is 0 Å². The van der Waals surface area contributed by atoms with Crippen molar-refractivity contribution in [2.24, 2.45) is 46.8 Å². The van der Waals surface area contributed by atoms with E-state index in [-0.39, 0.29) is 101 Å². The summed E-state index contributed by atoms with van der Waals surface area (Å²) in [6, 6.07) is 139. The van der Waals surface area contributed by atoms with Gasteiger partial charge in [-0.25, -0.2) is 16.8 Å². The van der Waals surface area contributed by atoms with Crippen LogP contribution < -0.4 is 14.9 Å². The Hall–Kier alpha value is -12.8. The van der Waals surface area contributed by atoms with E-state index >= 15 is 0 Å². The number of carboxylic acid groups (broad SMARTS) is 1. The van der Waals surface area contributed by atoms with Crippen LogP contribution in [0.4, 0.5) is 0 Å². The second kappa shape index (κ2) is 48.9. The highest BCUT2D eigenvalue weighted by Crippen LogP contribution is 2.63. The highest BCUT2D eigenvalue weighted by Gasteiger charge is 2.71. The Kier molecular flexibility index (Phi) is 35.9. The monoisotopic (exact) mass is 2040 g/mol. The second-order valence-corrected chi connectivity index (χ2v) is 49.9. The van der Waals surface area contributed by atoms with Crippen LogP contribution in [0.1, 0.15) is 158 Å². The van der Waals surface area contributed by atoms with Gasteiger partial charge in [0.25, 0.3) is 0 Å². The van der Waals surface area contributed by atoms with E-state index in [1.54, 1.807) is 24.3 Å². The second-order valence-electron chi connectivity index (χ2n) is 39.1. The molecule has 0 N–H and O–H groups in total. The van der Waals surface area contributed by atoms with Gasteiger partial charge in [-0.15, -0.1) is 0 Å². The van der Waals surface area contributed by atoms with E-state index in [1.807, 2.05) is 100 Å². The Labute approximate surface area is 866 Å². The van der Waals surface area contributed by atoms with Crippen molar-refractivity contribution in [3.8, 4) is 11.5 Å². The van der Waals surface area contributed by atoms with Crippen molar-refractivity contribution in [2.45, 2.75) is 211 Å². The molecule has 15 aromatic rings. The maximum atomic E-state index is 13.6. The van der Waals surface area contributed by atoms with Crippen LogP contribution in [0.3, 0.4) is 0 Å². The molecular formula is C124H122O15S6. The Morgan fingerprint density at radius 3 is 0.979 bits per heavy atom. The normalized spacial score (nSPS) is 19.1. The van der Waals surface area contributed by atoms with Gasteiger partial charge in [0.05, 0.1) is 76.6 Å². The fourth-order valence-corrected chi connectivity index (χ4v) is 30.6. The molecule has 1 saturated heterocycles. The average molecular weight is 2040 g/mol. The maximum absolute atomic E-state index is 13.6. The molecule has 6 saturated carbocycles. The molecule has 6 aliphatic carbocycles. The number of carbonyl (C=O) groups excluding carboxylic acids is 4. The standard InChI is InChI=1S/C26H28O9S.C18H14OS.3C18H15S.C15H24O3S.C11H14O2/c27-23(33-15-1-3-16(4-2-15)36(30,31)32)19-18-8-17-20(19)24(28)34-21(17)22(18)35-25(29)26-9-12-5-13(10-26)7-14(6-12)11-26;19-17-13-7-8-14-18(17)20(15-9-3-1-4-10-15)16-11-5-2-6-12-16;3*1-4-10-16(11-5-1)19(17-12-6-2-7-13-17)18-14-8-3-9-15-18;1-9(2)12-7-13(10(3)4)15(19(16,17)18)14(8-12)11(5)6;1-11(2,3)9-6-4-8(5-7-9)10(12)13/h1-4,12-14,17-22H,5-11H2,(H,30,31,32);1-14H;3*1-15H;7-11H,1-6H3,(H,16,17,18);4-7H,1-3H3,(H,12,13)/q;;3*+1;;/p-3. The fourth-order valence-electron chi connectivity index (χ4n) is 20.6. The molecule has 21 heteroatoms. The van der Waals surface area contributed by atoms with Crippen molar-refractivity contribution in [1.29, 1.82) is 0 Å². The lowest BCUT2D eigenvalue weighted by Gasteiger charge is -2.55. The summed E-state index contributed by atoms with van der Waals surface area (Å²) in [7, 11) is -9.45. The van der Waals surface area contributed by atoms with Gasteiger partial charge in [0.15, 0.2) is 58.7 Å². The van der Waals surface area contributed by atoms with Gasteiger partial charge in [-0.2, -0.15) is 0 Å². The van der Waals surface area contributed by atoms with Gasteiger partial charge in [-0.1, -0.05) is 323 Å². The third-order valence-corrected chi connectivity index (χ3v) is 37.8. The van der Waals surface area contributed by atoms with E-state index in [0.29, 0.717) is 41.2 Å².